The lowest BCUT2D eigenvalue weighted by Gasteiger charge is -2.21. The Morgan fingerprint density at radius 3 is 2.63 bits per heavy atom. The van der Waals surface area contributed by atoms with Gasteiger partial charge in [0.25, 0.3) is 0 Å². The van der Waals surface area contributed by atoms with Crippen LogP contribution in [0.4, 0.5) is 0 Å². The molecule has 0 radical (unpaired) electrons. The van der Waals surface area contributed by atoms with E-state index in [0.29, 0.717) is 6.42 Å². The number of rotatable bonds is 5. The first-order valence-corrected chi connectivity index (χ1v) is 6.89. The molecule has 1 heterocycles. The molecule has 3 heteroatoms. The largest absolute Gasteiger partial charge is 0.461 e. The van der Waals surface area contributed by atoms with E-state index < -0.39 is 5.41 Å². The quantitative estimate of drug-likeness (QED) is 0.603. The second kappa shape index (κ2) is 5.55. The number of carbonyl (C=O) groups is 2. The molecule has 1 aromatic rings. The summed E-state index contributed by atoms with van der Waals surface area (Å²) in [6.07, 6.45) is 3.26. The zero-order valence-electron chi connectivity index (χ0n) is 11.5. The van der Waals surface area contributed by atoms with E-state index in [2.05, 4.69) is 6.92 Å². The number of ketones is 1. The summed E-state index contributed by atoms with van der Waals surface area (Å²) in [7, 11) is 0. The number of benzene rings is 1. The van der Waals surface area contributed by atoms with Gasteiger partial charge in [0, 0.05) is 6.42 Å². The van der Waals surface area contributed by atoms with Crippen molar-refractivity contribution in [3.8, 4) is 0 Å². The summed E-state index contributed by atoms with van der Waals surface area (Å²) in [6, 6.07) is 9.27. The van der Waals surface area contributed by atoms with E-state index in [4.69, 9.17) is 4.74 Å². The number of Topliss-reactive ketones (excluding diaryl/α,β-unsaturated/α-hetero) is 1. The lowest BCUT2D eigenvalue weighted by molar-refractivity contribution is -0.148. The van der Waals surface area contributed by atoms with Crippen LogP contribution in [0.3, 0.4) is 0 Å². The van der Waals surface area contributed by atoms with Crippen LogP contribution >= 0.6 is 0 Å². The minimum Gasteiger partial charge on any atom is -0.461 e. The molecule has 1 saturated heterocycles. The second-order valence-electron chi connectivity index (χ2n) is 5.20. The Morgan fingerprint density at radius 1 is 1.37 bits per heavy atom. The van der Waals surface area contributed by atoms with Crippen molar-refractivity contribution in [1.82, 2.24) is 0 Å². The molecule has 0 N–H and O–H groups in total. The van der Waals surface area contributed by atoms with Gasteiger partial charge in [-0.1, -0.05) is 50.1 Å². The fourth-order valence-corrected chi connectivity index (χ4v) is 2.76. The van der Waals surface area contributed by atoms with Gasteiger partial charge in [-0.25, -0.2) is 0 Å². The standard InChI is InChI=1S/C16H20O3/c1-3-4-10-14-11-16(12(2)17,15(18)19-14)13-8-6-5-7-9-13/h5-9,14H,3-4,10-11H2,1-2H3/t14-,16+/m0/s1. The van der Waals surface area contributed by atoms with E-state index in [0.717, 1.165) is 24.8 Å². The molecule has 0 aromatic heterocycles. The molecule has 102 valence electrons. The summed E-state index contributed by atoms with van der Waals surface area (Å²) in [5, 5.41) is 0. The van der Waals surface area contributed by atoms with Crippen molar-refractivity contribution < 1.29 is 14.3 Å². The molecule has 1 aliphatic heterocycles. The third-order valence-corrected chi connectivity index (χ3v) is 3.90. The van der Waals surface area contributed by atoms with Crippen LogP contribution in [0.5, 0.6) is 0 Å². The van der Waals surface area contributed by atoms with Crippen molar-refractivity contribution in [3.05, 3.63) is 35.9 Å². The van der Waals surface area contributed by atoms with Crippen LogP contribution in [0.15, 0.2) is 30.3 Å². The molecule has 19 heavy (non-hydrogen) atoms. The normalized spacial score (nSPS) is 26.2. The van der Waals surface area contributed by atoms with Gasteiger partial charge in [-0.3, -0.25) is 9.59 Å². The maximum atomic E-state index is 12.3. The van der Waals surface area contributed by atoms with Crippen LogP contribution in [0, 0.1) is 0 Å². The Morgan fingerprint density at radius 2 is 2.05 bits per heavy atom. The lowest BCUT2D eigenvalue weighted by atomic mass is 9.74. The van der Waals surface area contributed by atoms with Crippen LogP contribution in [0.1, 0.15) is 45.1 Å². The number of hydrogen-bond donors (Lipinski definition) is 0. The summed E-state index contributed by atoms with van der Waals surface area (Å²) in [5.41, 5.74) is -0.328. The molecule has 1 fully saturated rings. The molecule has 0 amide bonds. The third kappa shape index (κ3) is 2.42. The number of unbranched alkanes of at least 4 members (excludes halogenated alkanes) is 1. The molecule has 2 atom stereocenters. The molecule has 0 unspecified atom stereocenters. The smallest absolute Gasteiger partial charge is 0.324 e. The van der Waals surface area contributed by atoms with E-state index >= 15 is 0 Å². The highest BCUT2D eigenvalue weighted by molar-refractivity contribution is 6.09. The number of hydrogen-bond acceptors (Lipinski definition) is 3. The SMILES string of the molecule is CCCC[C@H]1C[C@@](C(C)=O)(c2ccccc2)C(=O)O1. The van der Waals surface area contributed by atoms with E-state index in [-0.39, 0.29) is 17.9 Å². The summed E-state index contributed by atoms with van der Waals surface area (Å²) < 4.78 is 5.44. The monoisotopic (exact) mass is 260 g/mol. The number of carbonyl (C=O) groups excluding carboxylic acids is 2. The van der Waals surface area contributed by atoms with Gasteiger partial charge >= 0.3 is 5.97 Å². The summed E-state index contributed by atoms with van der Waals surface area (Å²) in [5.74, 6) is -0.505. The Kier molecular flexibility index (Phi) is 4.03. The van der Waals surface area contributed by atoms with Gasteiger partial charge in [0.1, 0.15) is 6.10 Å². The fraction of sp³-hybridized carbons (Fsp3) is 0.500. The van der Waals surface area contributed by atoms with E-state index in [1.807, 2.05) is 30.3 Å². The second-order valence-corrected chi connectivity index (χ2v) is 5.20. The lowest BCUT2D eigenvalue weighted by Crippen LogP contribution is -2.38. The Balaban J connectivity index is 2.31. The Bertz CT molecular complexity index is 466. The topological polar surface area (TPSA) is 43.4 Å². The summed E-state index contributed by atoms with van der Waals surface area (Å²) in [4.78, 5) is 24.4. The fourth-order valence-electron chi connectivity index (χ4n) is 2.76. The molecular weight excluding hydrogens is 240 g/mol. The number of esters is 1. The van der Waals surface area contributed by atoms with E-state index in [9.17, 15) is 9.59 Å². The van der Waals surface area contributed by atoms with Crippen molar-refractivity contribution in [3.63, 3.8) is 0 Å². The van der Waals surface area contributed by atoms with Gasteiger partial charge in [0.15, 0.2) is 11.2 Å². The average molecular weight is 260 g/mol. The van der Waals surface area contributed by atoms with Crippen molar-refractivity contribution >= 4 is 11.8 Å². The summed E-state index contributed by atoms with van der Waals surface area (Å²) in [6.45, 7) is 3.59. The van der Waals surface area contributed by atoms with Crippen LogP contribution in [0.25, 0.3) is 0 Å². The highest BCUT2D eigenvalue weighted by Crippen LogP contribution is 2.39. The first-order chi connectivity index (χ1) is 9.11. The molecule has 1 aliphatic rings. The van der Waals surface area contributed by atoms with Crippen molar-refractivity contribution in [2.24, 2.45) is 0 Å². The minimum atomic E-state index is -1.08. The third-order valence-electron chi connectivity index (χ3n) is 3.90. The average Bonchev–Trinajstić information content (AvgIpc) is 2.75. The highest BCUT2D eigenvalue weighted by atomic mass is 16.6. The zero-order chi connectivity index (χ0) is 13.9. The molecule has 2 rings (SSSR count). The molecule has 3 nitrogen and oxygen atoms in total. The van der Waals surface area contributed by atoms with Gasteiger partial charge < -0.3 is 4.74 Å². The molecule has 0 aliphatic carbocycles. The predicted molar refractivity (Wildman–Crippen MR) is 72.8 cm³/mol. The predicted octanol–water partition coefficient (Wildman–Crippen LogP) is 3.02. The Hall–Kier alpha value is -1.64. The maximum Gasteiger partial charge on any atom is 0.324 e. The molecule has 0 spiro atoms. The number of ether oxygens (including phenoxy) is 1. The number of cyclic esters (lactones) is 1. The van der Waals surface area contributed by atoms with Crippen molar-refractivity contribution in [1.29, 1.82) is 0 Å². The summed E-state index contributed by atoms with van der Waals surface area (Å²) >= 11 is 0. The van der Waals surface area contributed by atoms with Gasteiger partial charge in [-0.15, -0.1) is 0 Å². The van der Waals surface area contributed by atoms with Crippen LogP contribution < -0.4 is 0 Å². The van der Waals surface area contributed by atoms with Crippen LogP contribution in [-0.4, -0.2) is 17.9 Å². The van der Waals surface area contributed by atoms with Crippen LogP contribution in [-0.2, 0) is 19.7 Å². The maximum absolute atomic E-state index is 12.3. The van der Waals surface area contributed by atoms with Gasteiger partial charge in [0.05, 0.1) is 0 Å². The van der Waals surface area contributed by atoms with Crippen LogP contribution in [0.2, 0.25) is 0 Å². The molecular formula is C16H20O3. The van der Waals surface area contributed by atoms with Crippen molar-refractivity contribution in [2.45, 2.75) is 51.0 Å². The van der Waals surface area contributed by atoms with E-state index in [1.54, 1.807) is 0 Å². The van der Waals surface area contributed by atoms with Gasteiger partial charge in [-0.2, -0.15) is 0 Å². The van der Waals surface area contributed by atoms with Crippen molar-refractivity contribution in [2.75, 3.05) is 0 Å². The molecule has 0 saturated carbocycles. The highest BCUT2D eigenvalue weighted by Gasteiger charge is 2.53. The minimum absolute atomic E-state index is 0.123. The van der Waals surface area contributed by atoms with E-state index in [1.165, 1.54) is 6.92 Å². The molecule has 0 bridgehead atoms. The first-order valence-electron chi connectivity index (χ1n) is 6.89. The Labute approximate surface area is 114 Å². The first kappa shape index (κ1) is 13.8. The van der Waals surface area contributed by atoms with Gasteiger partial charge in [-0.05, 0) is 18.9 Å². The zero-order valence-corrected chi connectivity index (χ0v) is 11.5. The van der Waals surface area contributed by atoms with Gasteiger partial charge in [0.2, 0.25) is 0 Å². The molecule has 1 aromatic carbocycles.